The van der Waals surface area contributed by atoms with Crippen LogP contribution in [0.4, 0.5) is 0 Å². The van der Waals surface area contributed by atoms with Crippen molar-refractivity contribution in [2.45, 2.75) is 32.1 Å². The van der Waals surface area contributed by atoms with Crippen LogP contribution in [0.5, 0.6) is 11.5 Å². The summed E-state index contributed by atoms with van der Waals surface area (Å²) in [4.78, 5) is 0. The van der Waals surface area contributed by atoms with E-state index in [0.717, 1.165) is 21.5 Å². The van der Waals surface area contributed by atoms with Crippen LogP contribution in [0.25, 0.3) is 6.08 Å². The second-order valence-electron chi connectivity index (χ2n) is 5.42. The molecule has 116 valence electrons. The van der Waals surface area contributed by atoms with Gasteiger partial charge in [-0.25, -0.2) is 0 Å². The van der Waals surface area contributed by atoms with Gasteiger partial charge in [-0.2, -0.15) is 0 Å². The predicted octanol–water partition coefficient (Wildman–Crippen LogP) is 5.67. The zero-order valence-electron chi connectivity index (χ0n) is 12.6. The number of methoxy groups -OCH3 is 2. The van der Waals surface area contributed by atoms with Crippen molar-refractivity contribution < 1.29 is 9.47 Å². The van der Waals surface area contributed by atoms with E-state index in [2.05, 4.69) is 22.0 Å². The molecular weight excluding hydrogens is 352 g/mol. The van der Waals surface area contributed by atoms with E-state index >= 15 is 0 Å². The zero-order valence-corrected chi connectivity index (χ0v) is 15.0. The van der Waals surface area contributed by atoms with Crippen LogP contribution in [0.2, 0.25) is 0 Å². The molecule has 0 radical (unpaired) electrons. The second-order valence-corrected chi connectivity index (χ2v) is 6.54. The molecule has 2 nitrogen and oxygen atoms in total. The van der Waals surface area contributed by atoms with Gasteiger partial charge >= 0.3 is 0 Å². The highest BCUT2D eigenvalue weighted by Gasteiger charge is 2.18. The van der Waals surface area contributed by atoms with Gasteiger partial charge in [0, 0.05) is 10.4 Å². The van der Waals surface area contributed by atoms with Gasteiger partial charge in [-0.1, -0.05) is 46.8 Å². The minimum atomic E-state index is 0.589. The van der Waals surface area contributed by atoms with Crippen LogP contribution in [0.3, 0.4) is 0 Å². The van der Waals surface area contributed by atoms with Crippen molar-refractivity contribution in [3.05, 3.63) is 27.7 Å². The van der Waals surface area contributed by atoms with Crippen LogP contribution >= 0.6 is 27.5 Å². The second kappa shape index (κ2) is 8.09. The van der Waals surface area contributed by atoms with E-state index in [9.17, 15) is 0 Å². The van der Waals surface area contributed by atoms with E-state index in [0.29, 0.717) is 11.8 Å². The lowest BCUT2D eigenvalue weighted by molar-refractivity contribution is 0.354. The van der Waals surface area contributed by atoms with Gasteiger partial charge in [0.1, 0.15) is 0 Å². The van der Waals surface area contributed by atoms with Gasteiger partial charge in [-0.05, 0) is 36.5 Å². The molecule has 0 atom stereocenters. The summed E-state index contributed by atoms with van der Waals surface area (Å²) in [6, 6.07) is 3.94. The summed E-state index contributed by atoms with van der Waals surface area (Å²) in [6.45, 7) is 0. The Morgan fingerprint density at radius 1 is 1.19 bits per heavy atom. The summed E-state index contributed by atoms with van der Waals surface area (Å²) in [5, 5.41) is 0. The molecule has 0 heterocycles. The molecule has 1 aliphatic carbocycles. The molecule has 0 N–H and O–H groups in total. The normalized spacial score (nSPS) is 16.9. The lowest BCUT2D eigenvalue weighted by Crippen LogP contribution is -2.10. The highest BCUT2D eigenvalue weighted by Crippen LogP contribution is 2.37. The molecular formula is C17H22BrClO2. The molecule has 0 spiro atoms. The first-order chi connectivity index (χ1) is 10.2. The first kappa shape index (κ1) is 16.7. The minimum absolute atomic E-state index is 0.589. The number of benzene rings is 1. The SMILES string of the molecule is COc1cc(Br)c(/C=C(/CCl)C2CCCCC2)cc1OC. The molecule has 0 saturated heterocycles. The van der Waals surface area contributed by atoms with Crippen molar-refractivity contribution in [1.82, 2.24) is 0 Å². The molecule has 21 heavy (non-hydrogen) atoms. The van der Waals surface area contributed by atoms with E-state index in [-0.39, 0.29) is 0 Å². The highest BCUT2D eigenvalue weighted by molar-refractivity contribution is 9.10. The third-order valence-electron chi connectivity index (χ3n) is 4.13. The molecule has 1 aromatic rings. The molecule has 1 aromatic carbocycles. The summed E-state index contributed by atoms with van der Waals surface area (Å²) in [7, 11) is 3.30. The van der Waals surface area contributed by atoms with Gasteiger partial charge < -0.3 is 9.47 Å². The highest BCUT2D eigenvalue weighted by atomic mass is 79.9. The maximum atomic E-state index is 6.20. The summed E-state index contributed by atoms with van der Waals surface area (Å²) < 4.78 is 11.7. The smallest absolute Gasteiger partial charge is 0.161 e. The number of alkyl halides is 1. The Balaban J connectivity index is 2.32. The average Bonchev–Trinajstić information content (AvgIpc) is 2.54. The fourth-order valence-electron chi connectivity index (χ4n) is 2.92. The number of allylic oxidation sites excluding steroid dienone is 1. The first-order valence-corrected chi connectivity index (χ1v) is 8.70. The van der Waals surface area contributed by atoms with Gasteiger partial charge in [0.05, 0.1) is 14.2 Å². The lowest BCUT2D eigenvalue weighted by atomic mass is 9.83. The standard InChI is InChI=1S/C17H22BrClO2/c1-20-16-9-13(15(18)10-17(16)21-2)8-14(11-19)12-6-4-3-5-7-12/h8-10,12H,3-7,11H2,1-2H3/b14-8-. The maximum absolute atomic E-state index is 6.20. The van der Waals surface area contributed by atoms with E-state index in [1.54, 1.807) is 14.2 Å². The van der Waals surface area contributed by atoms with Crippen LogP contribution in [0.15, 0.2) is 22.2 Å². The molecule has 0 aromatic heterocycles. The fourth-order valence-corrected chi connectivity index (χ4v) is 3.65. The zero-order chi connectivity index (χ0) is 15.2. The van der Waals surface area contributed by atoms with Crippen molar-refractivity contribution in [2.24, 2.45) is 5.92 Å². The van der Waals surface area contributed by atoms with Crippen LogP contribution in [0, 0.1) is 5.92 Å². The van der Waals surface area contributed by atoms with E-state index in [1.807, 2.05) is 12.1 Å². The van der Waals surface area contributed by atoms with Gasteiger partial charge in [0.2, 0.25) is 0 Å². The quantitative estimate of drug-likeness (QED) is 0.619. The maximum Gasteiger partial charge on any atom is 0.161 e. The van der Waals surface area contributed by atoms with Crippen molar-refractivity contribution in [3.8, 4) is 11.5 Å². The summed E-state index contributed by atoms with van der Waals surface area (Å²) >= 11 is 9.81. The molecule has 4 heteroatoms. The molecule has 0 aliphatic heterocycles. The Labute approximate surface area is 140 Å². The summed E-state index contributed by atoms with van der Waals surface area (Å²) in [6.07, 6.45) is 8.69. The molecule has 1 aliphatic rings. The largest absolute Gasteiger partial charge is 0.493 e. The van der Waals surface area contributed by atoms with Crippen LogP contribution in [-0.4, -0.2) is 20.1 Å². The van der Waals surface area contributed by atoms with Crippen molar-refractivity contribution in [3.63, 3.8) is 0 Å². The van der Waals surface area contributed by atoms with Crippen LogP contribution in [-0.2, 0) is 0 Å². The number of hydrogen-bond acceptors (Lipinski definition) is 2. The third-order valence-corrected chi connectivity index (χ3v) is 5.12. The van der Waals surface area contributed by atoms with Crippen molar-refractivity contribution in [1.29, 1.82) is 0 Å². The van der Waals surface area contributed by atoms with Gasteiger partial charge in [0.15, 0.2) is 11.5 Å². The van der Waals surface area contributed by atoms with Gasteiger partial charge in [-0.15, -0.1) is 11.6 Å². The average molecular weight is 374 g/mol. The monoisotopic (exact) mass is 372 g/mol. The van der Waals surface area contributed by atoms with Crippen molar-refractivity contribution >= 4 is 33.6 Å². The Bertz CT molecular complexity index is 508. The topological polar surface area (TPSA) is 18.5 Å². The number of ether oxygens (including phenoxy) is 2. The molecule has 1 fully saturated rings. The summed E-state index contributed by atoms with van der Waals surface area (Å²) in [5.41, 5.74) is 2.41. The van der Waals surface area contributed by atoms with Crippen molar-refractivity contribution in [2.75, 3.05) is 20.1 Å². The number of halogens is 2. The van der Waals surface area contributed by atoms with Crippen LogP contribution < -0.4 is 9.47 Å². The molecule has 0 bridgehead atoms. The van der Waals surface area contributed by atoms with Gasteiger partial charge in [0.25, 0.3) is 0 Å². The Morgan fingerprint density at radius 3 is 2.38 bits per heavy atom. The minimum Gasteiger partial charge on any atom is -0.493 e. The number of hydrogen-bond donors (Lipinski definition) is 0. The Morgan fingerprint density at radius 2 is 1.81 bits per heavy atom. The lowest BCUT2D eigenvalue weighted by Gasteiger charge is -2.23. The van der Waals surface area contributed by atoms with Crippen LogP contribution in [0.1, 0.15) is 37.7 Å². The molecule has 0 amide bonds. The van der Waals surface area contributed by atoms with E-state index < -0.39 is 0 Å². The van der Waals surface area contributed by atoms with Gasteiger partial charge in [-0.3, -0.25) is 0 Å². The van der Waals surface area contributed by atoms with E-state index in [4.69, 9.17) is 21.1 Å². The molecule has 1 saturated carbocycles. The summed E-state index contributed by atoms with van der Waals surface area (Å²) in [5.74, 6) is 2.68. The molecule has 2 rings (SSSR count). The third kappa shape index (κ3) is 4.17. The van der Waals surface area contributed by atoms with E-state index in [1.165, 1.54) is 37.7 Å². The molecule has 0 unspecified atom stereocenters. The Kier molecular flexibility index (Phi) is 6.43. The Hall–Kier alpha value is -0.670. The fraction of sp³-hybridized carbons (Fsp3) is 0.529. The number of rotatable bonds is 5. The predicted molar refractivity (Wildman–Crippen MR) is 92.5 cm³/mol. The first-order valence-electron chi connectivity index (χ1n) is 7.37.